The zero-order chi connectivity index (χ0) is 23.8. The number of benzene rings is 1. The van der Waals surface area contributed by atoms with Gasteiger partial charge in [0.2, 0.25) is 0 Å². The number of nitrogens with one attached hydrogen (secondary N) is 3. The highest BCUT2D eigenvalue weighted by Gasteiger charge is 2.34. The fourth-order valence-corrected chi connectivity index (χ4v) is 3.55. The van der Waals surface area contributed by atoms with E-state index in [2.05, 4.69) is 21.2 Å². The predicted molar refractivity (Wildman–Crippen MR) is 111 cm³/mol. The number of nitrogen functional groups attached to an aromatic ring is 1. The van der Waals surface area contributed by atoms with Crippen molar-refractivity contribution in [3.8, 4) is 17.0 Å². The summed E-state index contributed by atoms with van der Waals surface area (Å²) in [5, 5.41) is 2.71. The van der Waals surface area contributed by atoms with Crippen molar-refractivity contribution in [2.75, 3.05) is 5.73 Å². The number of hydrogen-bond acceptors (Lipinski definition) is 6. The van der Waals surface area contributed by atoms with Crippen LogP contribution in [0.3, 0.4) is 0 Å². The number of anilines is 1. The van der Waals surface area contributed by atoms with Gasteiger partial charge >= 0.3 is 6.18 Å². The van der Waals surface area contributed by atoms with E-state index < -0.39 is 46.9 Å². The summed E-state index contributed by atoms with van der Waals surface area (Å²) in [7, 11) is 0. The Kier molecular flexibility index (Phi) is 6.82. The van der Waals surface area contributed by atoms with Gasteiger partial charge in [-0.05, 0) is 45.0 Å². The van der Waals surface area contributed by atoms with E-state index >= 15 is 0 Å². The van der Waals surface area contributed by atoms with E-state index in [0.29, 0.717) is 12.1 Å². The molecule has 5 N–H and O–H groups in total. The summed E-state index contributed by atoms with van der Waals surface area (Å²) in [4.78, 5) is 16.7. The van der Waals surface area contributed by atoms with E-state index in [-0.39, 0.29) is 28.6 Å². The number of ether oxygens (including phenoxy) is 1. The molecule has 0 bridgehead atoms. The summed E-state index contributed by atoms with van der Waals surface area (Å²) in [5.74, 6) is -2.07. The summed E-state index contributed by atoms with van der Waals surface area (Å²) in [6.45, 7) is 5.17. The number of nitrogens with two attached hydrogens (primary N) is 1. The van der Waals surface area contributed by atoms with Crippen LogP contribution in [0.15, 0.2) is 24.3 Å². The lowest BCUT2D eigenvalue weighted by molar-refractivity contribution is -0.137. The molecular formula is C20H22ClF4N5O2. The molecule has 1 amide bonds. The number of aromatic nitrogens is 1. The third-order valence-electron chi connectivity index (χ3n) is 4.73. The zero-order valence-electron chi connectivity index (χ0n) is 17.3. The molecule has 32 heavy (non-hydrogen) atoms. The number of carbonyl (C=O) groups is 1. The van der Waals surface area contributed by atoms with Crippen molar-refractivity contribution in [2.24, 2.45) is 0 Å². The van der Waals surface area contributed by atoms with E-state index in [4.69, 9.17) is 22.1 Å². The van der Waals surface area contributed by atoms with Gasteiger partial charge < -0.3 is 15.8 Å². The monoisotopic (exact) mass is 475 g/mol. The van der Waals surface area contributed by atoms with Crippen molar-refractivity contribution in [3.63, 3.8) is 0 Å². The molecule has 1 aliphatic rings. The molecule has 3 atom stereocenters. The van der Waals surface area contributed by atoms with Crippen LogP contribution in [-0.4, -0.2) is 34.6 Å². The second kappa shape index (κ2) is 9.08. The number of alkyl halides is 4. The largest absolute Gasteiger partial charge is 0.490 e. The van der Waals surface area contributed by atoms with Crippen molar-refractivity contribution in [2.45, 2.75) is 50.6 Å². The Morgan fingerprint density at radius 2 is 1.94 bits per heavy atom. The number of halogens is 5. The third kappa shape index (κ3) is 5.22. The van der Waals surface area contributed by atoms with Crippen LogP contribution in [0.25, 0.3) is 11.3 Å². The van der Waals surface area contributed by atoms with Crippen molar-refractivity contribution < 1.29 is 27.1 Å². The van der Waals surface area contributed by atoms with Crippen LogP contribution in [-0.2, 0) is 6.18 Å². The first kappa shape index (κ1) is 24.0. The minimum atomic E-state index is -4.70. The van der Waals surface area contributed by atoms with Crippen molar-refractivity contribution in [1.82, 2.24) is 21.2 Å². The van der Waals surface area contributed by atoms with Gasteiger partial charge in [-0.3, -0.25) is 10.2 Å². The number of hydrazine groups is 1. The van der Waals surface area contributed by atoms with Gasteiger partial charge in [-0.2, -0.15) is 13.2 Å². The summed E-state index contributed by atoms with van der Waals surface area (Å²) in [5.41, 5.74) is 8.71. The van der Waals surface area contributed by atoms with Gasteiger partial charge in [-0.1, -0.05) is 0 Å². The van der Waals surface area contributed by atoms with Gasteiger partial charge in [0, 0.05) is 11.6 Å². The van der Waals surface area contributed by atoms with Crippen molar-refractivity contribution in [1.29, 1.82) is 0 Å². The molecule has 1 aromatic heterocycles. The molecule has 0 saturated carbocycles. The molecule has 7 nitrogen and oxygen atoms in total. The predicted octanol–water partition coefficient (Wildman–Crippen LogP) is 3.44. The standard InChI is InChI=1S/C20H22ClF4N5O2/c1-8(2)32-15-7-11(14-4-10(20(23,24)25)5-16(26)27-14)13(22)6-12(15)19(31)28-17-9(3)29-30-18(17)21/h4-9,17-18,29-30H,1-3H3,(H2,26,27)(H,28,31). The Labute approximate surface area is 186 Å². The topological polar surface area (TPSA) is 101 Å². The molecule has 0 spiro atoms. The Morgan fingerprint density at radius 1 is 1.25 bits per heavy atom. The molecule has 0 aliphatic carbocycles. The molecule has 1 saturated heterocycles. The maximum Gasteiger partial charge on any atom is 0.416 e. The number of pyridine rings is 1. The lowest BCUT2D eigenvalue weighted by Gasteiger charge is -2.21. The average molecular weight is 476 g/mol. The Hall–Kier alpha value is -2.63. The fourth-order valence-electron chi connectivity index (χ4n) is 3.20. The van der Waals surface area contributed by atoms with Gasteiger partial charge in [-0.25, -0.2) is 14.8 Å². The maximum absolute atomic E-state index is 15.0. The minimum Gasteiger partial charge on any atom is -0.490 e. The summed E-state index contributed by atoms with van der Waals surface area (Å²) in [6, 6.07) is 2.65. The van der Waals surface area contributed by atoms with Crippen LogP contribution in [0.5, 0.6) is 5.75 Å². The molecule has 1 aromatic carbocycles. The van der Waals surface area contributed by atoms with Crippen LogP contribution in [0.1, 0.15) is 36.7 Å². The number of carbonyl (C=O) groups excluding carboxylic acids is 1. The molecule has 2 aromatic rings. The third-order valence-corrected chi connectivity index (χ3v) is 5.11. The SMILES string of the molecule is CC(C)Oc1cc(-c2cc(C(F)(F)F)cc(N)n2)c(F)cc1C(=O)NC1C(C)NNC1Cl. The molecule has 3 rings (SSSR count). The van der Waals surface area contributed by atoms with Gasteiger partial charge in [-0.15, -0.1) is 11.6 Å². The van der Waals surface area contributed by atoms with E-state index in [1.54, 1.807) is 20.8 Å². The second-order valence-corrected chi connectivity index (χ2v) is 8.11. The lowest BCUT2D eigenvalue weighted by atomic mass is 10.0. The molecular weight excluding hydrogens is 454 g/mol. The summed E-state index contributed by atoms with van der Waals surface area (Å²) < 4.78 is 60.1. The highest BCUT2D eigenvalue weighted by atomic mass is 35.5. The van der Waals surface area contributed by atoms with Gasteiger partial charge in [0.05, 0.1) is 29.0 Å². The van der Waals surface area contributed by atoms with Crippen LogP contribution in [0.4, 0.5) is 23.4 Å². The maximum atomic E-state index is 15.0. The van der Waals surface area contributed by atoms with Crippen LogP contribution in [0, 0.1) is 5.82 Å². The summed E-state index contributed by atoms with van der Waals surface area (Å²) >= 11 is 6.13. The van der Waals surface area contributed by atoms with Crippen LogP contribution in [0.2, 0.25) is 0 Å². The van der Waals surface area contributed by atoms with E-state index in [1.807, 2.05) is 0 Å². The highest BCUT2D eigenvalue weighted by Crippen LogP contribution is 2.35. The van der Waals surface area contributed by atoms with E-state index in [9.17, 15) is 22.4 Å². The smallest absolute Gasteiger partial charge is 0.416 e. The Bertz CT molecular complexity index is 1010. The molecule has 1 aliphatic heterocycles. The number of hydrogen-bond donors (Lipinski definition) is 4. The van der Waals surface area contributed by atoms with Gasteiger partial charge in [0.15, 0.2) is 0 Å². The second-order valence-electron chi connectivity index (χ2n) is 7.64. The minimum absolute atomic E-state index is 0.0237. The van der Waals surface area contributed by atoms with E-state index in [1.165, 1.54) is 0 Å². The first-order valence-electron chi connectivity index (χ1n) is 9.68. The fraction of sp³-hybridized carbons (Fsp3) is 0.400. The number of rotatable bonds is 5. The summed E-state index contributed by atoms with van der Waals surface area (Å²) in [6.07, 6.45) is -5.11. The quantitative estimate of drug-likeness (QED) is 0.300. The lowest BCUT2D eigenvalue weighted by Crippen LogP contribution is -2.45. The molecule has 1 fully saturated rings. The number of nitrogens with zero attached hydrogens (tertiary/aromatic N) is 1. The Balaban J connectivity index is 2.04. The Morgan fingerprint density at radius 3 is 2.50 bits per heavy atom. The van der Waals surface area contributed by atoms with Crippen molar-refractivity contribution in [3.05, 3.63) is 41.2 Å². The molecule has 2 heterocycles. The molecule has 174 valence electrons. The zero-order valence-corrected chi connectivity index (χ0v) is 18.1. The molecule has 12 heteroatoms. The first-order valence-corrected chi connectivity index (χ1v) is 10.1. The molecule has 0 radical (unpaired) electrons. The average Bonchev–Trinajstić information content (AvgIpc) is 2.99. The van der Waals surface area contributed by atoms with Crippen molar-refractivity contribution >= 4 is 23.3 Å². The van der Waals surface area contributed by atoms with E-state index in [0.717, 1.165) is 12.1 Å². The van der Waals surface area contributed by atoms with Gasteiger partial charge in [0.1, 0.15) is 22.9 Å². The van der Waals surface area contributed by atoms with Crippen LogP contribution >= 0.6 is 11.6 Å². The van der Waals surface area contributed by atoms with Crippen LogP contribution < -0.4 is 26.6 Å². The first-order chi connectivity index (χ1) is 14.9. The van der Waals surface area contributed by atoms with Gasteiger partial charge in [0.25, 0.3) is 5.91 Å². The molecule has 3 unspecified atom stereocenters. The normalized spacial score (nSPS) is 21.1. The number of amides is 1. The highest BCUT2D eigenvalue weighted by molar-refractivity contribution is 6.21.